The number of carbonyl (C=O) groups is 2. The SMILES string of the molecule is CCOC(=O)COc1ccc(CS(=O)(=O)c2cc(NC(=O)Nc3ccc(C(F)(F)F)cc3)ccc2C)cc1. The predicted molar refractivity (Wildman–Crippen MR) is 135 cm³/mol. The van der Waals surface area contributed by atoms with E-state index in [4.69, 9.17) is 9.47 Å². The highest BCUT2D eigenvalue weighted by molar-refractivity contribution is 7.90. The zero-order valence-corrected chi connectivity index (χ0v) is 21.3. The molecule has 0 fully saturated rings. The molecular weight excluding hydrogens is 525 g/mol. The maximum absolute atomic E-state index is 13.1. The molecule has 0 bridgehead atoms. The van der Waals surface area contributed by atoms with Crippen LogP contribution in [0.15, 0.2) is 71.6 Å². The molecule has 0 aliphatic heterocycles. The number of urea groups is 1. The molecule has 0 aliphatic carbocycles. The Bertz CT molecular complexity index is 1390. The minimum Gasteiger partial charge on any atom is -0.482 e. The summed E-state index contributed by atoms with van der Waals surface area (Å²) in [5.74, 6) is -0.468. The first kappa shape index (κ1) is 28.5. The monoisotopic (exact) mass is 550 g/mol. The van der Waals surface area contributed by atoms with Crippen LogP contribution >= 0.6 is 0 Å². The summed E-state index contributed by atoms with van der Waals surface area (Å²) in [4.78, 5) is 23.7. The van der Waals surface area contributed by atoms with Crippen molar-refractivity contribution in [1.82, 2.24) is 0 Å². The van der Waals surface area contributed by atoms with Crippen LogP contribution in [0.1, 0.15) is 23.6 Å². The van der Waals surface area contributed by atoms with Gasteiger partial charge in [0.25, 0.3) is 0 Å². The van der Waals surface area contributed by atoms with Crippen LogP contribution in [0.2, 0.25) is 0 Å². The molecule has 0 radical (unpaired) electrons. The number of esters is 1. The van der Waals surface area contributed by atoms with Gasteiger partial charge in [0.15, 0.2) is 16.4 Å². The molecule has 2 amide bonds. The molecule has 0 saturated carbocycles. The molecule has 3 rings (SSSR count). The van der Waals surface area contributed by atoms with Gasteiger partial charge in [-0.25, -0.2) is 18.0 Å². The largest absolute Gasteiger partial charge is 0.482 e. The quantitative estimate of drug-likeness (QED) is 0.337. The van der Waals surface area contributed by atoms with E-state index in [1.54, 1.807) is 38.1 Å². The van der Waals surface area contributed by atoms with Crippen molar-refractivity contribution in [3.63, 3.8) is 0 Å². The van der Waals surface area contributed by atoms with Gasteiger partial charge < -0.3 is 20.1 Å². The van der Waals surface area contributed by atoms with Gasteiger partial charge in [0.05, 0.1) is 22.8 Å². The molecule has 3 aromatic carbocycles. The van der Waals surface area contributed by atoms with E-state index in [1.165, 1.54) is 18.2 Å². The Kier molecular flexibility index (Phi) is 9.00. The maximum atomic E-state index is 13.1. The van der Waals surface area contributed by atoms with Gasteiger partial charge in [-0.05, 0) is 73.5 Å². The standard InChI is InChI=1S/C26H25F3N2O6S/c1-3-36-24(32)15-37-22-12-5-18(6-13-22)16-38(34,35)23-14-21(9-4-17(23)2)31-25(33)30-20-10-7-19(8-11-20)26(27,28)29/h4-14H,3,15-16H2,1-2H3,(H2,30,31,33). The van der Waals surface area contributed by atoms with Gasteiger partial charge in [-0.1, -0.05) is 18.2 Å². The second kappa shape index (κ2) is 12.0. The highest BCUT2D eigenvalue weighted by Crippen LogP contribution is 2.30. The number of hydrogen-bond acceptors (Lipinski definition) is 6. The molecule has 12 heteroatoms. The average molecular weight is 551 g/mol. The van der Waals surface area contributed by atoms with Gasteiger partial charge >= 0.3 is 18.2 Å². The zero-order chi connectivity index (χ0) is 27.9. The Balaban J connectivity index is 1.66. The van der Waals surface area contributed by atoms with Gasteiger partial charge in [-0.15, -0.1) is 0 Å². The molecule has 0 aromatic heterocycles. The summed E-state index contributed by atoms with van der Waals surface area (Å²) in [6.45, 7) is 3.26. The third-order valence-corrected chi connectivity index (χ3v) is 7.02. The lowest BCUT2D eigenvalue weighted by Crippen LogP contribution is -2.20. The van der Waals surface area contributed by atoms with E-state index in [-0.39, 0.29) is 35.2 Å². The van der Waals surface area contributed by atoms with Crippen molar-refractivity contribution < 1.29 is 40.7 Å². The van der Waals surface area contributed by atoms with E-state index in [9.17, 15) is 31.2 Å². The molecule has 0 spiro atoms. The Morgan fingerprint density at radius 2 is 1.50 bits per heavy atom. The van der Waals surface area contributed by atoms with Crippen LogP contribution in [0, 0.1) is 6.92 Å². The van der Waals surface area contributed by atoms with Gasteiger partial charge in [0.1, 0.15) is 5.75 Å². The number of nitrogens with one attached hydrogen (secondary N) is 2. The molecule has 202 valence electrons. The molecule has 0 saturated heterocycles. The number of halogens is 3. The van der Waals surface area contributed by atoms with Crippen molar-refractivity contribution >= 4 is 33.2 Å². The first-order chi connectivity index (χ1) is 17.9. The van der Waals surface area contributed by atoms with Crippen LogP contribution in [0.25, 0.3) is 0 Å². The second-order valence-electron chi connectivity index (χ2n) is 8.13. The molecule has 0 heterocycles. The van der Waals surface area contributed by atoms with E-state index in [0.29, 0.717) is 16.9 Å². The summed E-state index contributed by atoms with van der Waals surface area (Å²) in [7, 11) is -3.82. The molecule has 0 atom stereocenters. The average Bonchev–Trinajstić information content (AvgIpc) is 2.84. The van der Waals surface area contributed by atoms with Crippen molar-refractivity contribution in [2.45, 2.75) is 30.7 Å². The number of anilines is 2. The number of benzene rings is 3. The van der Waals surface area contributed by atoms with Crippen LogP contribution in [-0.2, 0) is 31.3 Å². The van der Waals surface area contributed by atoms with Crippen LogP contribution in [0.5, 0.6) is 5.75 Å². The number of ether oxygens (including phenoxy) is 2. The molecule has 8 nitrogen and oxygen atoms in total. The summed E-state index contributed by atoms with van der Waals surface area (Å²) >= 11 is 0. The summed E-state index contributed by atoms with van der Waals surface area (Å²) in [5.41, 5.74) is 0.404. The number of hydrogen-bond donors (Lipinski definition) is 2. The summed E-state index contributed by atoms with van der Waals surface area (Å²) in [5, 5.41) is 4.89. The smallest absolute Gasteiger partial charge is 0.416 e. The summed E-state index contributed by atoms with van der Waals surface area (Å²) < 4.78 is 74.4. The zero-order valence-electron chi connectivity index (χ0n) is 20.5. The van der Waals surface area contributed by atoms with Crippen LogP contribution in [0.4, 0.5) is 29.3 Å². The van der Waals surface area contributed by atoms with Crippen molar-refractivity contribution in [1.29, 1.82) is 0 Å². The number of sulfone groups is 1. The lowest BCUT2D eigenvalue weighted by molar-refractivity contribution is -0.145. The van der Waals surface area contributed by atoms with E-state index in [0.717, 1.165) is 24.3 Å². The molecule has 2 N–H and O–H groups in total. The van der Waals surface area contributed by atoms with Crippen molar-refractivity contribution in [3.8, 4) is 5.75 Å². The second-order valence-corrected chi connectivity index (χ2v) is 10.1. The summed E-state index contributed by atoms with van der Waals surface area (Å²) in [6.07, 6.45) is -4.50. The fraction of sp³-hybridized carbons (Fsp3) is 0.231. The number of rotatable bonds is 9. The van der Waals surface area contributed by atoms with Crippen LogP contribution < -0.4 is 15.4 Å². The predicted octanol–water partition coefficient (Wildman–Crippen LogP) is 5.57. The lowest BCUT2D eigenvalue weighted by atomic mass is 10.2. The minimum absolute atomic E-state index is 0.00691. The number of carbonyl (C=O) groups excluding carboxylic acids is 2. The first-order valence-electron chi connectivity index (χ1n) is 11.3. The normalized spacial score (nSPS) is 11.5. The Morgan fingerprint density at radius 1 is 0.895 bits per heavy atom. The molecular formula is C26H25F3N2O6S. The Hall–Kier alpha value is -4.06. The maximum Gasteiger partial charge on any atom is 0.416 e. The highest BCUT2D eigenvalue weighted by Gasteiger charge is 2.30. The van der Waals surface area contributed by atoms with Gasteiger partial charge in [-0.2, -0.15) is 13.2 Å². The first-order valence-corrected chi connectivity index (χ1v) is 13.0. The van der Waals surface area contributed by atoms with E-state index >= 15 is 0 Å². The molecule has 0 aliphatic rings. The Labute approximate surface area is 217 Å². The third kappa shape index (κ3) is 7.97. The van der Waals surface area contributed by atoms with Crippen molar-refractivity contribution in [3.05, 3.63) is 83.4 Å². The Morgan fingerprint density at radius 3 is 2.11 bits per heavy atom. The van der Waals surface area contributed by atoms with Crippen molar-refractivity contribution in [2.75, 3.05) is 23.8 Å². The molecule has 3 aromatic rings. The highest BCUT2D eigenvalue weighted by atomic mass is 32.2. The van der Waals surface area contributed by atoms with E-state index < -0.39 is 33.6 Å². The van der Waals surface area contributed by atoms with Crippen LogP contribution in [-0.4, -0.2) is 33.6 Å². The van der Waals surface area contributed by atoms with Gasteiger partial charge in [0.2, 0.25) is 0 Å². The van der Waals surface area contributed by atoms with Gasteiger partial charge in [-0.3, -0.25) is 0 Å². The number of amides is 2. The van der Waals surface area contributed by atoms with Crippen molar-refractivity contribution in [2.24, 2.45) is 0 Å². The third-order valence-electron chi connectivity index (χ3n) is 5.19. The van der Waals surface area contributed by atoms with E-state index in [2.05, 4.69) is 10.6 Å². The fourth-order valence-electron chi connectivity index (χ4n) is 3.37. The lowest BCUT2D eigenvalue weighted by Gasteiger charge is -2.13. The van der Waals surface area contributed by atoms with Crippen LogP contribution in [0.3, 0.4) is 0 Å². The minimum atomic E-state index is -4.50. The number of alkyl halides is 3. The number of aryl methyl sites for hydroxylation is 1. The topological polar surface area (TPSA) is 111 Å². The summed E-state index contributed by atoms with van der Waals surface area (Å²) in [6, 6.07) is 13.7. The fourth-order valence-corrected chi connectivity index (χ4v) is 5.02. The molecule has 38 heavy (non-hydrogen) atoms. The van der Waals surface area contributed by atoms with E-state index in [1.807, 2.05) is 0 Å². The molecule has 0 unspecified atom stereocenters. The van der Waals surface area contributed by atoms with Gasteiger partial charge in [0, 0.05) is 11.4 Å².